The van der Waals surface area contributed by atoms with Gasteiger partial charge in [0.1, 0.15) is 5.78 Å². The van der Waals surface area contributed by atoms with E-state index < -0.39 is 78.0 Å². The van der Waals surface area contributed by atoms with Crippen LogP contribution in [0.2, 0.25) is 0 Å². The topological polar surface area (TPSA) is 349 Å². The zero-order valence-electron chi connectivity index (χ0n) is 29.2. The van der Waals surface area contributed by atoms with Gasteiger partial charge in [0.15, 0.2) is 22.7 Å². The van der Waals surface area contributed by atoms with Gasteiger partial charge >= 0.3 is 0 Å². The summed E-state index contributed by atoms with van der Waals surface area (Å²) in [5.41, 5.74) is 33.1. The Hall–Kier alpha value is -4.98. The summed E-state index contributed by atoms with van der Waals surface area (Å²) in [5, 5.41) is 9.84. The van der Waals surface area contributed by atoms with E-state index in [4.69, 9.17) is 34.4 Å². The minimum Gasteiger partial charge on any atom is -0.370 e. The van der Waals surface area contributed by atoms with E-state index in [1.54, 1.807) is 5.38 Å². The van der Waals surface area contributed by atoms with Gasteiger partial charge in [-0.1, -0.05) is 0 Å². The standard InChI is InChI=1S/C32H52N12O7S/c33-20-6-1-2-10-39-26(48)17-22(44-29(51)19(15-23(20)45)8-9-25(34)47)24(46)16-18(5-3-11-41-31(35)36)28(50)43-21(7-4-12-42-32(37)38)27(49)30-40-13-14-52-30/h13-14,18-22H,1-12,15-17,33H2,(H2,34,47)(H,39,48)(H,43,50)(H,44,51)(H4,35,36,41)(H4,37,38,42)/t18-,19-,20+,21+,22+/m1/s1. The van der Waals surface area contributed by atoms with Crippen molar-refractivity contribution in [1.82, 2.24) is 20.9 Å². The first-order valence-electron chi connectivity index (χ1n) is 17.2. The third kappa shape index (κ3) is 16.4. The van der Waals surface area contributed by atoms with Crippen molar-refractivity contribution in [3.05, 3.63) is 16.6 Å². The highest BCUT2D eigenvalue weighted by atomic mass is 32.1. The van der Waals surface area contributed by atoms with E-state index in [0.717, 1.165) is 11.3 Å². The first-order valence-corrected chi connectivity index (χ1v) is 18.1. The van der Waals surface area contributed by atoms with Crippen LogP contribution in [0.5, 0.6) is 0 Å². The monoisotopic (exact) mass is 748 g/mol. The Morgan fingerprint density at radius 1 is 0.962 bits per heavy atom. The van der Waals surface area contributed by atoms with Crippen LogP contribution in [-0.2, 0) is 28.8 Å². The molecule has 0 radical (unpaired) electrons. The van der Waals surface area contributed by atoms with Gasteiger partial charge < -0.3 is 50.4 Å². The third-order valence-electron chi connectivity index (χ3n) is 8.37. The molecule has 1 aliphatic heterocycles. The summed E-state index contributed by atoms with van der Waals surface area (Å²) >= 11 is 1.10. The second-order valence-corrected chi connectivity index (χ2v) is 13.5. The van der Waals surface area contributed by atoms with Crippen molar-refractivity contribution < 1.29 is 33.6 Å². The molecule has 2 rings (SSSR count). The highest BCUT2D eigenvalue weighted by Crippen LogP contribution is 2.20. The third-order valence-corrected chi connectivity index (χ3v) is 9.16. The lowest BCUT2D eigenvalue weighted by atomic mass is 9.89. The fourth-order valence-electron chi connectivity index (χ4n) is 5.52. The van der Waals surface area contributed by atoms with Gasteiger partial charge in [-0.15, -0.1) is 11.3 Å². The molecule has 0 aromatic carbocycles. The van der Waals surface area contributed by atoms with Crippen molar-refractivity contribution in [1.29, 1.82) is 0 Å². The number of primary amides is 1. The molecule has 19 nitrogen and oxygen atoms in total. The first-order chi connectivity index (χ1) is 24.7. The minimum atomic E-state index is -1.39. The van der Waals surface area contributed by atoms with Crippen molar-refractivity contribution >= 4 is 64.2 Å². The van der Waals surface area contributed by atoms with Crippen molar-refractivity contribution in [2.75, 3.05) is 19.6 Å². The predicted molar refractivity (Wildman–Crippen MR) is 194 cm³/mol. The molecule has 1 saturated heterocycles. The molecule has 0 bridgehead atoms. The van der Waals surface area contributed by atoms with Crippen LogP contribution in [0.25, 0.3) is 0 Å². The summed E-state index contributed by atoms with van der Waals surface area (Å²) < 4.78 is 0. The summed E-state index contributed by atoms with van der Waals surface area (Å²) in [6.07, 6.45) is 2.26. The Kier molecular flexibility index (Phi) is 18.9. The van der Waals surface area contributed by atoms with Crippen LogP contribution >= 0.6 is 11.3 Å². The number of Topliss-reactive ketones (excluding diaryl/α,β-unsaturated/α-hetero) is 3. The fraction of sp³-hybridized carbons (Fsp3) is 0.625. The normalized spacial score (nSPS) is 19.9. The minimum absolute atomic E-state index is 0.0831. The van der Waals surface area contributed by atoms with Crippen molar-refractivity contribution in [3.8, 4) is 0 Å². The van der Waals surface area contributed by atoms with Crippen LogP contribution in [0.4, 0.5) is 0 Å². The molecule has 0 unspecified atom stereocenters. The van der Waals surface area contributed by atoms with Crippen LogP contribution in [0.15, 0.2) is 21.6 Å². The zero-order valence-corrected chi connectivity index (χ0v) is 30.0. The molecule has 4 amide bonds. The van der Waals surface area contributed by atoms with Gasteiger partial charge in [0.25, 0.3) is 0 Å². The highest BCUT2D eigenvalue weighted by Gasteiger charge is 2.34. The van der Waals surface area contributed by atoms with Crippen LogP contribution in [0.1, 0.15) is 86.9 Å². The molecule has 0 saturated carbocycles. The van der Waals surface area contributed by atoms with Crippen molar-refractivity contribution in [3.63, 3.8) is 0 Å². The van der Waals surface area contributed by atoms with Gasteiger partial charge in [-0.2, -0.15) is 0 Å². The largest absolute Gasteiger partial charge is 0.370 e. The number of hydrogen-bond acceptors (Lipinski definition) is 12. The van der Waals surface area contributed by atoms with Gasteiger partial charge in [-0.3, -0.25) is 43.5 Å². The molecular formula is C32H52N12O7S. The first kappa shape index (κ1) is 43.2. The molecule has 15 N–H and O–H groups in total. The lowest BCUT2D eigenvalue weighted by molar-refractivity contribution is -0.136. The molecule has 1 fully saturated rings. The second-order valence-electron chi connectivity index (χ2n) is 12.6. The Balaban J connectivity index is 2.37. The number of aromatic nitrogens is 1. The summed E-state index contributed by atoms with van der Waals surface area (Å²) in [7, 11) is 0. The number of carbonyl (C=O) groups is 7. The number of carbonyl (C=O) groups excluding carboxylic acids is 7. The molecule has 5 atom stereocenters. The SMILES string of the molecule is NC(=O)CC[C@@H]1CC(=O)[C@@H](N)CCCCNC(=O)C[C@@H](C(=O)C[C@@H](CCCN=C(N)N)C(=O)N[C@@H](CCCN=C(N)N)C(=O)c2nccs2)NC1=O. The quantitative estimate of drug-likeness (QED) is 0.0335. The van der Waals surface area contributed by atoms with Crippen LogP contribution in [-0.4, -0.2) is 95.6 Å². The van der Waals surface area contributed by atoms with Crippen molar-refractivity contribution in [2.24, 2.45) is 56.2 Å². The molecule has 288 valence electrons. The van der Waals surface area contributed by atoms with E-state index in [1.807, 2.05) is 0 Å². The molecule has 1 aromatic heterocycles. The number of ketones is 3. The summed E-state index contributed by atoms with van der Waals surface area (Å²) in [5.74, 6) is -6.43. The average Bonchev–Trinajstić information content (AvgIpc) is 3.62. The van der Waals surface area contributed by atoms with E-state index in [1.165, 1.54) is 6.20 Å². The Morgan fingerprint density at radius 3 is 2.25 bits per heavy atom. The second kappa shape index (κ2) is 22.8. The van der Waals surface area contributed by atoms with E-state index in [-0.39, 0.29) is 80.9 Å². The van der Waals surface area contributed by atoms with Gasteiger partial charge in [-0.25, -0.2) is 4.98 Å². The molecule has 1 aromatic rings. The number of thiazole rings is 1. The predicted octanol–water partition coefficient (Wildman–Crippen LogP) is -2.16. The van der Waals surface area contributed by atoms with E-state index >= 15 is 0 Å². The molecule has 0 spiro atoms. The maximum atomic E-state index is 13.9. The number of aliphatic imine (C=N–C) groups is 2. The zero-order chi connectivity index (χ0) is 38.6. The van der Waals surface area contributed by atoms with E-state index in [0.29, 0.717) is 25.7 Å². The number of nitrogens with zero attached hydrogens (tertiary/aromatic N) is 3. The van der Waals surface area contributed by atoms with Gasteiger partial charge in [0.2, 0.25) is 29.4 Å². The number of hydrogen-bond donors (Lipinski definition) is 9. The van der Waals surface area contributed by atoms with Crippen LogP contribution in [0.3, 0.4) is 0 Å². The summed E-state index contributed by atoms with van der Waals surface area (Å²) in [6.45, 7) is 0.589. The Labute approximate surface area is 305 Å². The molecule has 52 heavy (non-hydrogen) atoms. The lowest BCUT2D eigenvalue weighted by Gasteiger charge is -2.25. The lowest BCUT2D eigenvalue weighted by Crippen LogP contribution is -2.49. The number of guanidine groups is 2. The number of nitrogens with two attached hydrogens (primary N) is 6. The number of amides is 4. The number of nitrogens with one attached hydrogen (secondary N) is 3. The molecule has 20 heteroatoms. The van der Waals surface area contributed by atoms with E-state index in [2.05, 4.69) is 30.9 Å². The number of rotatable bonds is 18. The van der Waals surface area contributed by atoms with Gasteiger partial charge in [-0.05, 0) is 51.4 Å². The maximum absolute atomic E-state index is 13.9. The Morgan fingerprint density at radius 2 is 1.63 bits per heavy atom. The molecule has 2 heterocycles. The smallest absolute Gasteiger partial charge is 0.224 e. The van der Waals surface area contributed by atoms with Crippen LogP contribution < -0.4 is 50.4 Å². The summed E-state index contributed by atoms with van der Waals surface area (Å²) in [6, 6.07) is -3.27. The summed E-state index contributed by atoms with van der Waals surface area (Å²) in [4.78, 5) is 104. The van der Waals surface area contributed by atoms with Crippen molar-refractivity contribution in [2.45, 2.75) is 95.2 Å². The highest BCUT2D eigenvalue weighted by molar-refractivity contribution is 7.11. The molecule has 1 aliphatic rings. The van der Waals surface area contributed by atoms with Gasteiger partial charge in [0.05, 0.1) is 24.5 Å². The maximum Gasteiger partial charge on any atom is 0.224 e. The Bertz CT molecular complexity index is 1440. The van der Waals surface area contributed by atoms with E-state index in [9.17, 15) is 33.6 Å². The fourth-order valence-corrected chi connectivity index (χ4v) is 6.15. The van der Waals surface area contributed by atoms with Crippen LogP contribution in [0, 0.1) is 11.8 Å². The molecule has 0 aliphatic carbocycles. The van der Waals surface area contributed by atoms with Gasteiger partial charge in [0, 0.05) is 62.3 Å². The molecular weight excluding hydrogens is 696 g/mol. The average molecular weight is 749 g/mol.